The van der Waals surface area contributed by atoms with Crippen LogP contribution in [0, 0.1) is 12.8 Å². The molecule has 7 nitrogen and oxygen atoms in total. The van der Waals surface area contributed by atoms with Crippen LogP contribution in [0.25, 0.3) is 0 Å². The van der Waals surface area contributed by atoms with Gasteiger partial charge in [0, 0.05) is 24.4 Å². The molecule has 1 aliphatic heterocycles. The van der Waals surface area contributed by atoms with Crippen LogP contribution in [0.4, 0.5) is 5.13 Å². The molecule has 1 aliphatic rings. The van der Waals surface area contributed by atoms with Gasteiger partial charge in [-0.25, -0.2) is 13.4 Å². The zero-order valence-electron chi connectivity index (χ0n) is 14.6. The average Bonchev–Trinajstić information content (AvgIpc) is 3.06. The van der Waals surface area contributed by atoms with Gasteiger partial charge in [0.25, 0.3) is 0 Å². The molecule has 0 radical (unpaired) electrons. The first-order valence-corrected chi connectivity index (χ1v) is 10.6. The average molecular weight is 396 g/mol. The summed E-state index contributed by atoms with van der Waals surface area (Å²) < 4.78 is 32.0. The zero-order valence-corrected chi connectivity index (χ0v) is 16.3. The number of nitrogens with one attached hydrogen (secondary N) is 1. The number of hydrogen-bond acceptors (Lipinski definition) is 6. The van der Waals surface area contributed by atoms with E-state index in [0.717, 1.165) is 5.69 Å². The fraction of sp³-hybridized carbons (Fsp3) is 0.412. The Bertz CT molecular complexity index is 870. The lowest BCUT2D eigenvalue weighted by molar-refractivity contribution is -0.120. The highest BCUT2D eigenvalue weighted by Crippen LogP contribution is 2.26. The van der Waals surface area contributed by atoms with E-state index in [2.05, 4.69) is 10.3 Å². The molecule has 3 rings (SSSR count). The number of benzene rings is 1. The maximum Gasteiger partial charge on any atom is 0.243 e. The number of methoxy groups -OCH3 is 1. The summed E-state index contributed by atoms with van der Waals surface area (Å²) in [6.07, 6.45) is 0.983. The molecule has 1 aromatic carbocycles. The van der Waals surface area contributed by atoms with Crippen molar-refractivity contribution < 1.29 is 17.9 Å². The Morgan fingerprint density at radius 3 is 2.46 bits per heavy atom. The molecule has 0 aliphatic carbocycles. The third-order valence-corrected chi connectivity index (χ3v) is 7.16. The van der Waals surface area contributed by atoms with E-state index in [1.807, 2.05) is 12.3 Å². The summed E-state index contributed by atoms with van der Waals surface area (Å²) in [6, 6.07) is 6.34. The predicted molar refractivity (Wildman–Crippen MR) is 100.0 cm³/mol. The van der Waals surface area contributed by atoms with Crippen LogP contribution < -0.4 is 10.1 Å². The van der Waals surface area contributed by atoms with Crippen LogP contribution in [0.1, 0.15) is 18.5 Å². The van der Waals surface area contributed by atoms with E-state index in [9.17, 15) is 13.2 Å². The number of sulfonamides is 1. The third kappa shape index (κ3) is 4.05. The Labute approximate surface area is 157 Å². The van der Waals surface area contributed by atoms with E-state index in [4.69, 9.17) is 4.74 Å². The van der Waals surface area contributed by atoms with Gasteiger partial charge in [-0.15, -0.1) is 11.3 Å². The number of carbonyl (C=O) groups excluding carboxylic acids is 1. The molecule has 140 valence electrons. The smallest absolute Gasteiger partial charge is 0.243 e. The number of ether oxygens (including phenoxy) is 1. The lowest BCUT2D eigenvalue weighted by atomic mass is 9.97. The van der Waals surface area contributed by atoms with Crippen molar-refractivity contribution in [2.45, 2.75) is 24.7 Å². The van der Waals surface area contributed by atoms with Gasteiger partial charge in [0.15, 0.2) is 5.13 Å². The highest BCUT2D eigenvalue weighted by Gasteiger charge is 2.32. The molecule has 0 bridgehead atoms. The second kappa shape index (κ2) is 7.73. The molecule has 26 heavy (non-hydrogen) atoms. The fourth-order valence-corrected chi connectivity index (χ4v) is 5.03. The second-order valence-electron chi connectivity index (χ2n) is 6.14. The normalized spacial score (nSPS) is 16.4. The van der Waals surface area contributed by atoms with Crippen molar-refractivity contribution in [1.29, 1.82) is 0 Å². The first kappa shape index (κ1) is 18.8. The number of aryl methyl sites for hydroxylation is 1. The van der Waals surface area contributed by atoms with E-state index in [1.165, 1.54) is 34.9 Å². The van der Waals surface area contributed by atoms with Crippen molar-refractivity contribution in [3.63, 3.8) is 0 Å². The molecule has 2 aromatic rings. The Morgan fingerprint density at radius 2 is 1.92 bits per heavy atom. The minimum absolute atomic E-state index is 0.0964. The molecule has 0 spiro atoms. The van der Waals surface area contributed by atoms with Crippen molar-refractivity contribution in [3.05, 3.63) is 35.3 Å². The van der Waals surface area contributed by atoms with E-state index in [0.29, 0.717) is 36.8 Å². The lowest BCUT2D eigenvalue weighted by Crippen LogP contribution is -2.41. The van der Waals surface area contributed by atoms with Crippen molar-refractivity contribution in [1.82, 2.24) is 9.29 Å². The van der Waals surface area contributed by atoms with Gasteiger partial charge in [0.1, 0.15) is 5.75 Å². The minimum atomic E-state index is -3.56. The summed E-state index contributed by atoms with van der Waals surface area (Å²) in [5, 5.41) is 5.28. The maximum absolute atomic E-state index is 12.7. The summed E-state index contributed by atoms with van der Waals surface area (Å²) in [5.41, 5.74) is 0.866. The molecule has 0 atom stereocenters. The van der Waals surface area contributed by atoms with Gasteiger partial charge in [-0.05, 0) is 44.0 Å². The van der Waals surface area contributed by atoms with Crippen molar-refractivity contribution in [2.24, 2.45) is 5.92 Å². The quantitative estimate of drug-likeness (QED) is 0.840. The molecule has 1 aromatic heterocycles. The number of piperidine rings is 1. The van der Waals surface area contributed by atoms with Gasteiger partial charge in [0.2, 0.25) is 15.9 Å². The van der Waals surface area contributed by atoms with Gasteiger partial charge < -0.3 is 10.1 Å². The largest absolute Gasteiger partial charge is 0.497 e. The Balaban J connectivity index is 1.60. The van der Waals surface area contributed by atoms with Crippen molar-refractivity contribution >= 4 is 32.4 Å². The molecular weight excluding hydrogens is 374 g/mol. The van der Waals surface area contributed by atoms with Crippen LogP contribution in [-0.4, -0.2) is 43.8 Å². The number of thiazole rings is 1. The molecule has 1 amide bonds. The lowest BCUT2D eigenvalue weighted by Gasteiger charge is -2.30. The van der Waals surface area contributed by atoms with Crippen LogP contribution in [0.2, 0.25) is 0 Å². The maximum atomic E-state index is 12.7. The van der Waals surface area contributed by atoms with Gasteiger partial charge >= 0.3 is 0 Å². The number of amides is 1. The van der Waals surface area contributed by atoms with Crippen LogP contribution in [-0.2, 0) is 14.8 Å². The molecule has 2 heterocycles. The van der Waals surface area contributed by atoms with E-state index < -0.39 is 10.0 Å². The van der Waals surface area contributed by atoms with Crippen LogP contribution in [0.5, 0.6) is 5.75 Å². The third-order valence-electron chi connectivity index (χ3n) is 4.37. The van der Waals surface area contributed by atoms with Gasteiger partial charge in [-0.2, -0.15) is 4.31 Å². The SMILES string of the molecule is COc1ccc(S(=O)(=O)N2CCC(C(=O)Nc3nc(C)cs3)CC2)cc1. The summed E-state index contributed by atoms with van der Waals surface area (Å²) in [5.74, 6) is 0.305. The standard InChI is InChI=1S/C17H21N3O4S2/c1-12-11-25-17(18-12)19-16(21)13-7-9-20(10-8-13)26(22,23)15-5-3-14(24-2)4-6-15/h3-6,11,13H,7-10H2,1-2H3,(H,18,19,21). The first-order chi connectivity index (χ1) is 12.4. The molecule has 0 unspecified atom stereocenters. The van der Waals surface area contributed by atoms with Crippen LogP contribution in [0.3, 0.4) is 0 Å². The minimum Gasteiger partial charge on any atom is -0.497 e. The number of aromatic nitrogens is 1. The summed E-state index contributed by atoms with van der Waals surface area (Å²) in [7, 11) is -2.02. The Kier molecular flexibility index (Phi) is 5.59. The van der Waals surface area contributed by atoms with Gasteiger partial charge in [-0.3, -0.25) is 4.79 Å². The Morgan fingerprint density at radius 1 is 1.27 bits per heavy atom. The molecule has 1 fully saturated rings. The van der Waals surface area contributed by atoms with Crippen LogP contribution >= 0.6 is 11.3 Å². The highest BCUT2D eigenvalue weighted by molar-refractivity contribution is 7.89. The van der Waals surface area contributed by atoms with E-state index in [-0.39, 0.29) is 16.7 Å². The number of nitrogens with zero attached hydrogens (tertiary/aromatic N) is 2. The number of rotatable bonds is 5. The predicted octanol–water partition coefficient (Wildman–Crippen LogP) is 2.50. The number of hydrogen-bond donors (Lipinski definition) is 1. The summed E-state index contributed by atoms with van der Waals surface area (Å²) in [6.45, 7) is 2.52. The van der Waals surface area contributed by atoms with Gasteiger partial charge in [-0.1, -0.05) is 0 Å². The van der Waals surface area contributed by atoms with Crippen molar-refractivity contribution in [2.75, 3.05) is 25.5 Å². The van der Waals surface area contributed by atoms with Gasteiger partial charge in [0.05, 0.1) is 17.7 Å². The fourth-order valence-electron chi connectivity index (χ4n) is 2.87. The molecule has 1 N–H and O–H groups in total. The second-order valence-corrected chi connectivity index (χ2v) is 8.93. The Hall–Kier alpha value is -1.97. The molecular formula is C17H21N3O4S2. The topological polar surface area (TPSA) is 88.6 Å². The number of anilines is 1. The highest BCUT2D eigenvalue weighted by atomic mass is 32.2. The summed E-state index contributed by atoms with van der Waals surface area (Å²) >= 11 is 1.39. The summed E-state index contributed by atoms with van der Waals surface area (Å²) in [4.78, 5) is 16.8. The monoisotopic (exact) mass is 395 g/mol. The number of carbonyl (C=O) groups is 1. The molecule has 1 saturated heterocycles. The zero-order chi connectivity index (χ0) is 18.7. The first-order valence-electron chi connectivity index (χ1n) is 8.27. The molecule has 9 heteroatoms. The van der Waals surface area contributed by atoms with E-state index in [1.54, 1.807) is 12.1 Å². The van der Waals surface area contributed by atoms with Crippen LogP contribution in [0.15, 0.2) is 34.5 Å². The van der Waals surface area contributed by atoms with Crippen molar-refractivity contribution in [3.8, 4) is 5.75 Å². The van der Waals surface area contributed by atoms with E-state index >= 15 is 0 Å². The molecule has 0 saturated carbocycles.